The van der Waals surface area contributed by atoms with Gasteiger partial charge in [0.25, 0.3) is 5.91 Å². The number of anilines is 1. The van der Waals surface area contributed by atoms with Gasteiger partial charge in [0, 0.05) is 24.4 Å². The van der Waals surface area contributed by atoms with E-state index in [1.165, 1.54) is 11.1 Å². The number of amides is 1. The molecule has 0 fully saturated rings. The molecule has 0 aliphatic heterocycles. The van der Waals surface area contributed by atoms with Crippen LogP contribution in [0.15, 0.2) is 65.3 Å². The van der Waals surface area contributed by atoms with Gasteiger partial charge in [0.2, 0.25) is 0 Å². The molecular formula is C23H22N2O2. The molecule has 27 heavy (non-hydrogen) atoms. The van der Waals surface area contributed by atoms with Crippen LogP contribution in [0.3, 0.4) is 0 Å². The summed E-state index contributed by atoms with van der Waals surface area (Å²) in [6, 6.07) is 18.0. The number of aromatic nitrogens is 1. The van der Waals surface area contributed by atoms with Crippen LogP contribution >= 0.6 is 0 Å². The molecule has 4 aromatic rings. The summed E-state index contributed by atoms with van der Waals surface area (Å²) >= 11 is 0. The van der Waals surface area contributed by atoms with E-state index in [0.717, 1.165) is 22.3 Å². The highest BCUT2D eigenvalue weighted by Gasteiger charge is 2.18. The fraction of sp³-hybridized carbons (Fsp3) is 0.174. The van der Waals surface area contributed by atoms with Gasteiger partial charge in [0.1, 0.15) is 5.69 Å². The van der Waals surface area contributed by atoms with Crippen molar-refractivity contribution >= 4 is 22.7 Å². The number of fused-ring (bicyclic) bond motifs is 1. The molecule has 2 aromatic heterocycles. The molecule has 2 aromatic carbocycles. The first-order valence-corrected chi connectivity index (χ1v) is 9.02. The first-order valence-electron chi connectivity index (χ1n) is 9.02. The van der Waals surface area contributed by atoms with Crippen LogP contribution < -0.4 is 5.32 Å². The van der Waals surface area contributed by atoms with Crippen LogP contribution in [-0.4, -0.2) is 10.5 Å². The highest BCUT2D eigenvalue weighted by atomic mass is 16.3. The topological polar surface area (TPSA) is 47.2 Å². The number of hydrogen-bond acceptors (Lipinski definition) is 2. The Morgan fingerprint density at radius 3 is 2.63 bits per heavy atom. The molecular weight excluding hydrogens is 336 g/mol. The minimum atomic E-state index is -0.141. The lowest BCUT2D eigenvalue weighted by atomic mass is 10.1. The Hall–Kier alpha value is -3.27. The second kappa shape index (κ2) is 6.80. The Morgan fingerprint density at radius 2 is 1.85 bits per heavy atom. The highest BCUT2D eigenvalue weighted by molar-refractivity contribution is 6.05. The van der Waals surface area contributed by atoms with E-state index >= 15 is 0 Å². The zero-order chi connectivity index (χ0) is 19.0. The van der Waals surface area contributed by atoms with E-state index in [4.69, 9.17) is 4.42 Å². The number of nitrogens with one attached hydrogen (secondary N) is 1. The molecule has 2 heterocycles. The van der Waals surface area contributed by atoms with Gasteiger partial charge in [-0.3, -0.25) is 4.79 Å². The first-order chi connectivity index (χ1) is 13.0. The maximum atomic E-state index is 13.0. The van der Waals surface area contributed by atoms with Gasteiger partial charge in [0.05, 0.1) is 11.8 Å². The number of nitrogens with zero attached hydrogens (tertiary/aromatic N) is 1. The summed E-state index contributed by atoms with van der Waals surface area (Å²) in [6.07, 6.45) is 1.66. The smallest absolute Gasteiger partial charge is 0.272 e. The normalized spacial score (nSPS) is 11.1. The number of carbonyl (C=O) groups is 1. The minimum absolute atomic E-state index is 0.141. The molecule has 1 amide bonds. The van der Waals surface area contributed by atoms with Crippen LogP contribution in [0.1, 0.15) is 32.7 Å². The van der Waals surface area contributed by atoms with E-state index in [-0.39, 0.29) is 5.91 Å². The zero-order valence-corrected chi connectivity index (χ0v) is 15.7. The fourth-order valence-electron chi connectivity index (χ4n) is 3.34. The maximum absolute atomic E-state index is 13.0. The first kappa shape index (κ1) is 17.2. The molecule has 4 heteroatoms. The molecule has 0 aliphatic carbocycles. The van der Waals surface area contributed by atoms with Crippen molar-refractivity contribution in [2.75, 3.05) is 5.32 Å². The van der Waals surface area contributed by atoms with E-state index < -0.39 is 0 Å². The van der Waals surface area contributed by atoms with Crippen molar-refractivity contribution in [2.45, 2.75) is 27.3 Å². The third kappa shape index (κ3) is 3.38. The Balaban J connectivity index is 1.69. The third-order valence-electron chi connectivity index (χ3n) is 4.94. The largest absolute Gasteiger partial charge is 0.463 e. The van der Waals surface area contributed by atoms with Crippen molar-refractivity contribution in [3.63, 3.8) is 0 Å². The van der Waals surface area contributed by atoms with Crippen molar-refractivity contribution < 1.29 is 9.21 Å². The van der Waals surface area contributed by atoms with Crippen molar-refractivity contribution in [1.82, 2.24) is 4.57 Å². The molecule has 0 radical (unpaired) electrons. The fourth-order valence-corrected chi connectivity index (χ4v) is 3.34. The Kier molecular flexibility index (Phi) is 4.32. The number of furan rings is 1. The van der Waals surface area contributed by atoms with Gasteiger partial charge in [-0.15, -0.1) is 0 Å². The van der Waals surface area contributed by atoms with Gasteiger partial charge in [-0.05, 0) is 49.6 Å². The summed E-state index contributed by atoms with van der Waals surface area (Å²) < 4.78 is 7.54. The van der Waals surface area contributed by atoms with Crippen LogP contribution in [0.25, 0.3) is 11.1 Å². The Morgan fingerprint density at radius 1 is 1.00 bits per heavy atom. The zero-order valence-electron chi connectivity index (χ0n) is 15.7. The van der Waals surface area contributed by atoms with Crippen LogP contribution in [0.5, 0.6) is 0 Å². The molecule has 0 bridgehead atoms. The molecule has 1 N–H and O–H groups in total. The molecule has 0 saturated heterocycles. The lowest BCUT2D eigenvalue weighted by molar-refractivity contribution is 0.101. The summed E-state index contributed by atoms with van der Waals surface area (Å²) in [5, 5.41) is 3.01. The Bertz CT molecular complexity index is 1130. The number of carbonyl (C=O) groups excluding carboxylic acids is 1. The molecule has 4 nitrogen and oxygen atoms in total. The van der Waals surface area contributed by atoms with Crippen LogP contribution in [0.4, 0.5) is 5.69 Å². The molecule has 0 saturated carbocycles. The maximum Gasteiger partial charge on any atom is 0.272 e. The number of benzene rings is 2. The van der Waals surface area contributed by atoms with Crippen LogP contribution in [0.2, 0.25) is 0 Å². The van der Waals surface area contributed by atoms with Gasteiger partial charge >= 0.3 is 0 Å². The predicted octanol–water partition coefficient (Wildman–Crippen LogP) is 5.46. The molecule has 0 unspecified atom stereocenters. The molecule has 0 atom stereocenters. The summed E-state index contributed by atoms with van der Waals surface area (Å²) in [5.41, 5.74) is 7.71. The molecule has 136 valence electrons. The minimum Gasteiger partial charge on any atom is -0.463 e. The van der Waals surface area contributed by atoms with E-state index in [2.05, 4.69) is 37.4 Å². The van der Waals surface area contributed by atoms with E-state index in [9.17, 15) is 4.79 Å². The van der Waals surface area contributed by atoms with E-state index in [1.807, 2.05) is 47.9 Å². The lowest BCUT2D eigenvalue weighted by Gasteiger charge is -2.12. The second-order valence-corrected chi connectivity index (χ2v) is 7.03. The third-order valence-corrected chi connectivity index (χ3v) is 4.94. The van der Waals surface area contributed by atoms with Crippen molar-refractivity contribution in [3.8, 4) is 0 Å². The predicted molar refractivity (Wildman–Crippen MR) is 108 cm³/mol. The Labute approximate surface area is 158 Å². The second-order valence-electron chi connectivity index (χ2n) is 7.03. The molecule has 0 spiro atoms. The average molecular weight is 358 g/mol. The average Bonchev–Trinajstić information content (AvgIpc) is 3.21. The van der Waals surface area contributed by atoms with Crippen LogP contribution in [-0.2, 0) is 6.54 Å². The molecule has 4 rings (SSSR count). The quantitative estimate of drug-likeness (QED) is 0.526. The van der Waals surface area contributed by atoms with Gasteiger partial charge < -0.3 is 14.3 Å². The number of hydrogen-bond donors (Lipinski definition) is 1. The van der Waals surface area contributed by atoms with Gasteiger partial charge in [0.15, 0.2) is 5.58 Å². The standard InChI is InChI=1S/C23H22N2O2/c1-15-5-4-6-18(11-15)14-25-20-9-10-27-22(20)13-21(25)23(26)24-19-8-7-16(2)17(3)12-19/h4-13H,14H2,1-3H3,(H,24,26). The number of aryl methyl sites for hydroxylation is 3. The van der Waals surface area contributed by atoms with Gasteiger partial charge in [-0.25, -0.2) is 0 Å². The summed E-state index contributed by atoms with van der Waals surface area (Å²) in [7, 11) is 0. The lowest BCUT2D eigenvalue weighted by Crippen LogP contribution is -2.17. The monoisotopic (exact) mass is 358 g/mol. The van der Waals surface area contributed by atoms with Crippen molar-refractivity contribution in [3.05, 3.63) is 88.8 Å². The van der Waals surface area contributed by atoms with Crippen molar-refractivity contribution in [1.29, 1.82) is 0 Å². The summed E-state index contributed by atoms with van der Waals surface area (Å²) in [5.74, 6) is -0.141. The van der Waals surface area contributed by atoms with E-state index in [1.54, 1.807) is 6.26 Å². The van der Waals surface area contributed by atoms with Gasteiger partial charge in [-0.1, -0.05) is 35.9 Å². The highest BCUT2D eigenvalue weighted by Crippen LogP contribution is 2.24. The van der Waals surface area contributed by atoms with Crippen LogP contribution in [0, 0.1) is 20.8 Å². The number of rotatable bonds is 4. The summed E-state index contributed by atoms with van der Waals surface area (Å²) in [6.45, 7) is 6.78. The van der Waals surface area contributed by atoms with E-state index in [0.29, 0.717) is 17.8 Å². The van der Waals surface area contributed by atoms with Gasteiger partial charge in [-0.2, -0.15) is 0 Å². The molecule has 0 aliphatic rings. The summed E-state index contributed by atoms with van der Waals surface area (Å²) in [4.78, 5) is 13.0. The SMILES string of the molecule is Cc1cccc(Cn2c(C(=O)Nc3ccc(C)c(C)c3)cc3occc32)c1. The van der Waals surface area contributed by atoms with Crippen molar-refractivity contribution in [2.24, 2.45) is 0 Å².